The fourth-order valence-electron chi connectivity index (χ4n) is 13.2. The number of anilines is 2. The third kappa shape index (κ3) is 10.5. The number of carbonyl (C=O) groups excluding carboxylic acids is 1. The van der Waals surface area contributed by atoms with E-state index in [0.29, 0.717) is 61.1 Å². The van der Waals surface area contributed by atoms with Gasteiger partial charge in [0.2, 0.25) is 0 Å². The Kier molecular flexibility index (Phi) is 14.0. The summed E-state index contributed by atoms with van der Waals surface area (Å²) in [7, 11) is -4.67. The maximum atomic E-state index is 14.3. The lowest BCUT2D eigenvalue weighted by Crippen LogP contribution is -2.60. The number of H-pyrrole nitrogens is 1. The minimum atomic E-state index is -4.67. The summed E-state index contributed by atoms with van der Waals surface area (Å²) in [6.07, 6.45) is 13.8. The van der Waals surface area contributed by atoms with Crippen molar-refractivity contribution >= 4 is 44.0 Å². The largest absolute Gasteiger partial charge is 0.455 e. The number of ether oxygens (including phenoxy) is 1. The van der Waals surface area contributed by atoms with Crippen LogP contribution in [-0.4, -0.2) is 95.0 Å². The topological polar surface area (TPSA) is 186 Å². The number of sulfonamides is 1. The van der Waals surface area contributed by atoms with E-state index in [4.69, 9.17) is 4.74 Å². The molecule has 2 atom stereocenters. The number of pyridine rings is 1. The van der Waals surface area contributed by atoms with Gasteiger partial charge in [-0.2, -0.15) is 0 Å². The van der Waals surface area contributed by atoms with Crippen LogP contribution in [0.2, 0.25) is 0 Å². The Morgan fingerprint density at radius 1 is 0.907 bits per heavy atom. The van der Waals surface area contributed by atoms with E-state index in [1.165, 1.54) is 59.7 Å². The molecule has 4 aromatic carbocycles. The van der Waals surface area contributed by atoms with E-state index in [0.717, 1.165) is 69.5 Å². The number of amides is 1. The van der Waals surface area contributed by atoms with Crippen molar-refractivity contribution in [2.45, 2.75) is 126 Å². The Morgan fingerprint density at radius 2 is 1.67 bits per heavy atom. The van der Waals surface area contributed by atoms with Gasteiger partial charge in [-0.15, -0.1) is 0 Å². The summed E-state index contributed by atoms with van der Waals surface area (Å²) in [5, 5.41) is 26.6. The van der Waals surface area contributed by atoms with Crippen molar-refractivity contribution in [3.63, 3.8) is 0 Å². The third-order valence-electron chi connectivity index (χ3n) is 17.5. The minimum absolute atomic E-state index is 0.0256. The second kappa shape index (κ2) is 20.7. The summed E-state index contributed by atoms with van der Waals surface area (Å²) in [4.78, 5) is 41.1. The molecule has 4 heterocycles. The highest BCUT2D eigenvalue weighted by molar-refractivity contribution is 7.90. The van der Waals surface area contributed by atoms with Gasteiger partial charge in [-0.3, -0.25) is 24.7 Å². The number of para-hydroxylation sites is 1. The summed E-state index contributed by atoms with van der Waals surface area (Å²) >= 11 is 0. The van der Waals surface area contributed by atoms with E-state index >= 15 is 0 Å². The molecular weight excluding hydrogens is 965 g/mol. The fraction of sp³-hybridized carbons (Fsp3) is 0.458. The Bertz CT molecular complexity index is 3190. The number of nitrogens with zero attached hydrogens (tertiary/aromatic N) is 5. The highest BCUT2D eigenvalue weighted by atomic mass is 32.2. The Hall–Kier alpha value is -6.33. The zero-order valence-electron chi connectivity index (χ0n) is 43.3. The SMILES string of the molecule is CC(C)c1ccccc1C1CN(C2CCCc3ccccc32)CCN1C1CC2(CCN(c3ccc(C(=O)NS(=O)(=O)c4cccc([N+](=O)[O-])c4NCC4CCC(C)(O)CC4)c(Oc4cnc5[nH]ccc5c4)c3)CC2)C1. The summed E-state index contributed by atoms with van der Waals surface area (Å²) in [6, 6.07) is 32.2. The number of piperidine rings is 1. The van der Waals surface area contributed by atoms with Gasteiger partial charge in [-0.05, 0) is 147 Å². The molecule has 75 heavy (non-hydrogen) atoms. The molecule has 1 spiro atoms. The van der Waals surface area contributed by atoms with Crippen molar-refractivity contribution in [3.05, 3.63) is 147 Å². The maximum Gasteiger partial charge on any atom is 0.293 e. The van der Waals surface area contributed by atoms with E-state index in [2.05, 4.69) is 97.1 Å². The number of fused-ring (bicyclic) bond motifs is 2. The highest BCUT2D eigenvalue weighted by Crippen LogP contribution is 2.54. The molecule has 2 unspecified atom stereocenters. The number of hydrogen-bond acceptors (Lipinski definition) is 12. The minimum Gasteiger partial charge on any atom is -0.455 e. The molecule has 4 N–H and O–H groups in total. The van der Waals surface area contributed by atoms with Crippen molar-refractivity contribution in [1.29, 1.82) is 0 Å². The number of rotatable bonds is 14. The Morgan fingerprint density at radius 3 is 2.44 bits per heavy atom. The molecule has 2 aliphatic heterocycles. The number of nitrogens with one attached hydrogen (secondary N) is 3. The fourth-order valence-corrected chi connectivity index (χ4v) is 14.4. The third-order valence-corrected chi connectivity index (χ3v) is 18.9. The second-order valence-corrected chi connectivity index (χ2v) is 24.4. The Balaban J connectivity index is 0.805. The summed E-state index contributed by atoms with van der Waals surface area (Å²) in [5.74, 6) is 0.0583. The molecule has 3 aliphatic carbocycles. The predicted molar refractivity (Wildman–Crippen MR) is 292 cm³/mol. The molecule has 4 fully saturated rings. The number of nitro groups is 1. The first-order valence-corrected chi connectivity index (χ1v) is 28.6. The van der Waals surface area contributed by atoms with Gasteiger partial charge in [0.15, 0.2) is 0 Å². The molecular formula is C59H70N8O7S. The van der Waals surface area contributed by atoms with Gasteiger partial charge >= 0.3 is 0 Å². The number of benzene rings is 4. The van der Waals surface area contributed by atoms with E-state index in [-0.39, 0.29) is 34.9 Å². The van der Waals surface area contributed by atoms with Crippen LogP contribution in [0.3, 0.4) is 0 Å². The van der Waals surface area contributed by atoms with Gasteiger partial charge in [0.25, 0.3) is 21.6 Å². The molecule has 2 aromatic heterocycles. The van der Waals surface area contributed by atoms with E-state index in [1.807, 2.05) is 12.1 Å². The van der Waals surface area contributed by atoms with E-state index < -0.39 is 37.0 Å². The predicted octanol–water partition coefficient (Wildman–Crippen LogP) is 11.0. The lowest BCUT2D eigenvalue weighted by atomic mass is 9.59. The molecule has 0 bridgehead atoms. The number of hydrogen-bond donors (Lipinski definition) is 4. The van der Waals surface area contributed by atoms with Crippen LogP contribution in [0.4, 0.5) is 17.1 Å². The molecule has 6 aromatic rings. The van der Waals surface area contributed by atoms with Crippen LogP contribution in [0.15, 0.2) is 114 Å². The lowest BCUT2D eigenvalue weighted by molar-refractivity contribution is -0.384. The first kappa shape index (κ1) is 50.8. The number of aliphatic hydroxyl groups is 1. The van der Waals surface area contributed by atoms with Crippen LogP contribution in [0.25, 0.3) is 11.0 Å². The summed E-state index contributed by atoms with van der Waals surface area (Å²) in [5.41, 5.74) is 6.29. The van der Waals surface area contributed by atoms with Crippen molar-refractivity contribution in [3.8, 4) is 11.5 Å². The average molecular weight is 1040 g/mol. The number of aromatic nitrogens is 2. The molecule has 2 saturated heterocycles. The van der Waals surface area contributed by atoms with Crippen molar-refractivity contribution in [1.82, 2.24) is 24.5 Å². The highest BCUT2D eigenvalue weighted by Gasteiger charge is 2.50. The molecule has 16 heteroatoms. The van der Waals surface area contributed by atoms with Crippen LogP contribution in [0, 0.1) is 21.4 Å². The number of nitro benzene ring substituents is 1. The summed E-state index contributed by atoms with van der Waals surface area (Å²) < 4.78 is 37.1. The van der Waals surface area contributed by atoms with Crippen LogP contribution in [0.5, 0.6) is 11.5 Å². The van der Waals surface area contributed by atoms with Gasteiger partial charge in [-0.1, -0.05) is 68.4 Å². The number of carbonyl (C=O) groups is 1. The van der Waals surface area contributed by atoms with Gasteiger partial charge in [0.1, 0.15) is 27.7 Å². The molecule has 1 amide bonds. The molecule has 0 radical (unpaired) electrons. The van der Waals surface area contributed by atoms with Crippen LogP contribution in [0.1, 0.15) is 136 Å². The van der Waals surface area contributed by atoms with Gasteiger partial charge in [0, 0.05) is 86.8 Å². The Labute approximate surface area is 440 Å². The first-order chi connectivity index (χ1) is 36.1. The zero-order valence-corrected chi connectivity index (χ0v) is 44.2. The van der Waals surface area contributed by atoms with Crippen LogP contribution < -0.4 is 19.7 Å². The molecule has 11 rings (SSSR count). The van der Waals surface area contributed by atoms with Gasteiger partial charge in [0.05, 0.1) is 22.3 Å². The van der Waals surface area contributed by atoms with Crippen molar-refractivity contribution in [2.75, 3.05) is 49.5 Å². The van der Waals surface area contributed by atoms with Crippen molar-refractivity contribution < 1.29 is 28.0 Å². The molecule has 15 nitrogen and oxygen atoms in total. The molecule has 5 aliphatic rings. The van der Waals surface area contributed by atoms with E-state index in [9.17, 15) is 28.4 Å². The van der Waals surface area contributed by atoms with Gasteiger partial charge < -0.3 is 25.0 Å². The van der Waals surface area contributed by atoms with Crippen LogP contribution >= 0.6 is 0 Å². The second-order valence-electron chi connectivity index (χ2n) is 22.7. The number of aromatic amines is 1. The number of aryl methyl sites for hydroxylation is 1. The van der Waals surface area contributed by atoms with Gasteiger partial charge in [-0.25, -0.2) is 18.1 Å². The maximum absolute atomic E-state index is 14.3. The summed E-state index contributed by atoms with van der Waals surface area (Å²) in [6.45, 7) is 11.5. The average Bonchev–Trinajstić information content (AvgIpc) is 3.87. The molecule has 394 valence electrons. The lowest BCUT2D eigenvalue weighted by Gasteiger charge is -2.59. The number of piperazine rings is 1. The van der Waals surface area contributed by atoms with Crippen molar-refractivity contribution in [2.24, 2.45) is 11.3 Å². The zero-order chi connectivity index (χ0) is 52.1. The smallest absolute Gasteiger partial charge is 0.293 e. The standard InChI is InChI=1S/C59H70N8O7S/c1-39(2)46-12-6-7-14-48(46)52-38-65(50-15-8-11-41-10-4-5-13-47(41)50)30-31-66(52)44-34-59(35-44)25-28-64(29-26-59)43-18-19-49(53(33-43)74-45-32-42-22-27-60-56(42)62-37-45)57(68)63-75(72,73)54-17-9-16-51(67(70)71)55(54)61-36-40-20-23-58(3,69)24-21-40/h4-7,9-10,12-14,16-19,22,27,32-33,37,39-40,44,50,52,61,69H,8,11,15,20-21,23-26,28-31,34-36,38H2,1-3H3,(H,60,62)(H,63,68). The quantitative estimate of drug-likeness (QED) is 0.0598. The monoisotopic (exact) mass is 1030 g/mol. The molecule has 2 saturated carbocycles. The van der Waals surface area contributed by atoms with Crippen LogP contribution in [-0.2, 0) is 16.4 Å². The van der Waals surface area contributed by atoms with E-state index in [1.54, 1.807) is 37.5 Å². The normalized spacial score (nSPS) is 23.4. The first-order valence-electron chi connectivity index (χ1n) is 27.1.